The van der Waals surface area contributed by atoms with Crippen LogP contribution in [0.25, 0.3) is 0 Å². The number of aldehydes is 1. The average Bonchev–Trinajstić information content (AvgIpc) is 2.38. The van der Waals surface area contributed by atoms with Crippen LogP contribution in [0.1, 0.15) is 52.9 Å². The Bertz CT molecular complexity index is 364. The predicted molar refractivity (Wildman–Crippen MR) is 77.3 cm³/mol. The zero-order valence-corrected chi connectivity index (χ0v) is 12.9. The Morgan fingerprint density at radius 2 is 1.90 bits per heavy atom. The first kappa shape index (κ1) is 15.5. The van der Waals surface area contributed by atoms with Crippen LogP contribution in [0.3, 0.4) is 0 Å². The minimum Gasteiger partial charge on any atom is -0.460 e. The monoisotopic (exact) mass is 281 g/mol. The van der Waals surface area contributed by atoms with Gasteiger partial charge in [-0.3, -0.25) is 4.79 Å². The lowest BCUT2D eigenvalue weighted by Crippen LogP contribution is -2.51. The van der Waals surface area contributed by atoms with E-state index in [2.05, 4.69) is 5.32 Å². The highest BCUT2D eigenvalue weighted by molar-refractivity contribution is 5.74. The number of hydrogen-bond acceptors (Lipinski definition) is 4. The molecule has 20 heavy (non-hydrogen) atoms. The Morgan fingerprint density at radius 1 is 1.25 bits per heavy atom. The van der Waals surface area contributed by atoms with Crippen molar-refractivity contribution in [2.24, 2.45) is 17.3 Å². The fourth-order valence-electron chi connectivity index (χ4n) is 3.63. The van der Waals surface area contributed by atoms with Gasteiger partial charge in [-0.15, -0.1) is 0 Å². The number of nitrogens with one attached hydrogen (secondary N) is 1. The highest BCUT2D eigenvalue weighted by atomic mass is 16.6. The van der Waals surface area contributed by atoms with E-state index in [0.29, 0.717) is 6.54 Å². The largest absolute Gasteiger partial charge is 0.460 e. The van der Waals surface area contributed by atoms with Gasteiger partial charge in [-0.1, -0.05) is 0 Å². The summed E-state index contributed by atoms with van der Waals surface area (Å²) in [5.74, 6) is 0.0483. The molecular weight excluding hydrogens is 254 g/mol. The third-order valence-electron chi connectivity index (χ3n) is 4.80. The first-order valence-electron chi connectivity index (χ1n) is 7.75. The van der Waals surface area contributed by atoms with Crippen LogP contribution >= 0.6 is 0 Å². The van der Waals surface area contributed by atoms with Gasteiger partial charge in [0, 0.05) is 12.5 Å². The van der Waals surface area contributed by atoms with Crippen molar-refractivity contribution in [2.45, 2.75) is 58.5 Å². The molecule has 0 radical (unpaired) electrons. The molecule has 0 aromatic heterocycles. The van der Waals surface area contributed by atoms with Gasteiger partial charge in [0.05, 0.1) is 5.92 Å². The van der Waals surface area contributed by atoms with Crippen LogP contribution in [-0.2, 0) is 14.3 Å². The Morgan fingerprint density at radius 3 is 2.45 bits per heavy atom. The zero-order valence-electron chi connectivity index (χ0n) is 12.9. The summed E-state index contributed by atoms with van der Waals surface area (Å²) in [7, 11) is 0. The molecule has 4 heteroatoms. The van der Waals surface area contributed by atoms with Gasteiger partial charge in [-0.25, -0.2) is 0 Å². The lowest BCUT2D eigenvalue weighted by Gasteiger charge is -2.47. The van der Waals surface area contributed by atoms with Crippen molar-refractivity contribution in [3.63, 3.8) is 0 Å². The van der Waals surface area contributed by atoms with E-state index in [1.165, 1.54) is 0 Å². The Kier molecular flexibility index (Phi) is 4.52. The molecule has 1 saturated heterocycles. The third-order valence-corrected chi connectivity index (χ3v) is 4.80. The van der Waals surface area contributed by atoms with Crippen molar-refractivity contribution >= 4 is 12.3 Å². The lowest BCUT2D eigenvalue weighted by atomic mass is 9.60. The van der Waals surface area contributed by atoms with E-state index in [0.717, 1.165) is 44.9 Å². The van der Waals surface area contributed by atoms with Crippen LogP contribution in [0.15, 0.2) is 0 Å². The van der Waals surface area contributed by atoms with Crippen LogP contribution in [-0.4, -0.2) is 30.9 Å². The van der Waals surface area contributed by atoms with E-state index in [-0.39, 0.29) is 23.2 Å². The predicted octanol–water partition coefficient (Wildman–Crippen LogP) is 2.31. The van der Waals surface area contributed by atoms with Gasteiger partial charge in [-0.05, 0) is 64.8 Å². The highest BCUT2D eigenvalue weighted by Crippen LogP contribution is 2.48. The molecule has 2 fully saturated rings. The second kappa shape index (κ2) is 5.84. The summed E-state index contributed by atoms with van der Waals surface area (Å²) in [5.41, 5.74) is -0.386. The second-order valence-corrected chi connectivity index (χ2v) is 7.38. The molecule has 1 N–H and O–H groups in total. The fourth-order valence-corrected chi connectivity index (χ4v) is 3.63. The molecule has 1 aliphatic heterocycles. The molecule has 1 spiro atoms. The summed E-state index contributed by atoms with van der Waals surface area (Å²) in [6, 6.07) is 0. The van der Waals surface area contributed by atoms with Crippen molar-refractivity contribution in [2.75, 3.05) is 13.1 Å². The smallest absolute Gasteiger partial charge is 0.311 e. The number of hydrogen-bond donors (Lipinski definition) is 1. The molecule has 0 aromatic carbocycles. The van der Waals surface area contributed by atoms with Crippen molar-refractivity contribution < 1.29 is 14.3 Å². The molecular formula is C16H27NO3. The van der Waals surface area contributed by atoms with E-state index in [4.69, 9.17) is 4.74 Å². The number of esters is 1. The van der Waals surface area contributed by atoms with Gasteiger partial charge < -0.3 is 14.8 Å². The molecule has 1 heterocycles. The molecule has 0 bridgehead atoms. The first-order chi connectivity index (χ1) is 9.36. The average molecular weight is 281 g/mol. The second-order valence-electron chi connectivity index (χ2n) is 7.38. The van der Waals surface area contributed by atoms with Crippen molar-refractivity contribution in [3.05, 3.63) is 0 Å². The van der Waals surface area contributed by atoms with Gasteiger partial charge in [0.15, 0.2) is 0 Å². The normalized spacial score (nSPS) is 34.8. The molecule has 1 atom stereocenters. The highest BCUT2D eigenvalue weighted by Gasteiger charge is 2.47. The van der Waals surface area contributed by atoms with E-state index < -0.39 is 5.60 Å². The zero-order chi connectivity index (χ0) is 14.8. The lowest BCUT2D eigenvalue weighted by molar-refractivity contribution is -0.168. The Hall–Kier alpha value is -0.900. The van der Waals surface area contributed by atoms with E-state index in [9.17, 15) is 9.59 Å². The van der Waals surface area contributed by atoms with Gasteiger partial charge in [-0.2, -0.15) is 0 Å². The topological polar surface area (TPSA) is 55.4 Å². The van der Waals surface area contributed by atoms with Crippen molar-refractivity contribution in [1.82, 2.24) is 5.32 Å². The summed E-state index contributed by atoms with van der Waals surface area (Å²) >= 11 is 0. The summed E-state index contributed by atoms with van der Waals surface area (Å²) in [6.07, 6.45) is 5.88. The standard InChI is InChI=1S/C16H27NO3/c1-15(2,3)20-14(19)13-10-17-9-8-16(13)6-4-12(11-18)5-7-16/h11-13,17H,4-10H2,1-3H3. The van der Waals surface area contributed by atoms with Gasteiger partial charge in [0.2, 0.25) is 0 Å². The van der Waals surface area contributed by atoms with E-state index >= 15 is 0 Å². The molecule has 0 amide bonds. The van der Waals surface area contributed by atoms with Gasteiger partial charge >= 0.3 is 5.97 Å². The Labute approximate surface area is 121 Å². The van der Waals surface area contributed by atoms with Crippen LogP contribution in [0, 0.1) is 17.3 Å². The third kappa shape index (κ3) is 3.40. The van der Waals surface area contributed by atoms with Gasteiger partial charge in [0.1, 0.15) is 11.9 Å². The number of carbonyl (C=O) groups excluding carboxylic acids is 2. The minimum absolute atomic E-state index is 0.0487. The summed E-state index contributed by atoms with van der Waals surface area (Å²) in [6.45, 7) is 7.41. The number of ether oxygens (including phenoxy) is 1. The SMILES string of the molecule is CC(C)(C)OC(=O)C1CNCCC12CCC(C=O)CC2. The maximum absolute atomic E-state index is 12.5. The summed E-state index contributed by atoms with van der Waals surface area (Å²) < 4.78 is 5.61. The fraction of sp³-hybridized carbons (Fsp3) is 0.875. The Balaban J connectivity index is 2.09. The van der Waals surface area contributed by atoms with Crippen molar-refractivity contribution in [1.29, 1.82) is 0 Å². The molecule has 4 nitrogen and oxygen atoms in total. The van der Waals surface area contributed by atoms with Crippen LogP contribution < -0.4 is 5.32 Å². The minimum atomic E-state index is -0.435. The first-order valence-corrected chi connectivity index (χ1v) is 7.75. The van der Waals surface area contributed by atoms with Crippen LogP contribution in [0.5, 0.6) is 0 Å². The molecule has 114 valence electrons. The van der Waals surface area contributed by atoms with Crippen LogP contribution in [0.2, 0.25) is 0 Å². The molecule has 0 aromatic rings. The number of rotatable bonds is 2. The summed E-state index contributed by atoms with van der Waals surface area (Å²) in [5, 5.41) is 3.33. The maximum Gasteiger partial charge on any atom is 0.311 e. The molecule has 2 aliphatic rings. The van der Waals surface area contributed by atoms with E-state index in [1.54, 1.807) is 0 Å². The van der Waals surface area contributed by atoms with E-state index in [1.807, 2.05) is 20.8 Å². The summed E-state index contributed by atoms with van der Waals surface area (Å²) in [4.78, 5) is 23.4. The molecule has 1 saturated carbocycles. The molecule has 2 rings (SSSR count). The quantitative estimate of drug-likeness (QED) is 0.623. The molecule has 1 unspecified atom stereocenters. The van der Waals surface area contributed by atoms with Crippen molar-refractivity contribution in [3.8, 4) is 0 Å². The van der Waals surface area contributed by atoms with Crippen LogP contribution in [0.4, 0.5) is 0 Å². The number of carbonyl (C=O) groups is 2. The molecule has 1 aliphatic carbocycles. The maximum atomic E-state index is 12.5. The number of piperidine rings is 1. The van der Waals surface area contributed by atoms with Gasteiger partial charge in [0.25, 0.3) is 0 Å².